The van der Waals surface area contributed by atoms with Gasteiger partial charge in [-0.1, -0.05) is 41.6 Å². The van der Waals surface area contributed by atoms with Gasteiger partial charge in [0.2, 0.25) is 0 Å². The molecule has 1 aliphatic heterocycles. The average Bonchev–Trinajstić information content (AvgIpc) is 2.48. The maximum atomic E-state index is 4.12. The molecular weight excluding hydrogens is 186 g/mol. The predicted octanol–water partition coefficient (Wildman–Crippen LogP) is 3.78. The van der Waals surface area contributed by atoms with E-state index in [-0.39, 0.29) is 0 Å². The highest BCUT2D eigenvalue weighted by atomic mass is 15.4. The molecular formula is C12H9N3. The Morgan fingerprint density at radius 3 is 2.47 bits per heavy atom. The fraction of sp³-hybridized carbons (Fsp3) is 0. The Bertz CT molecular complexity index is 532. The standard InChI is InChI=1S/C12H9N3/c1-3-7-11-9(5-1)10-6-2-4-8-12(10)14-15-13-11/h1-8H,(H,13,14). The van der Waals surface area contributed by atoms with Gasteiger partial charge in [0.1, 0.15) is 0 Å². The number of nitrogens with zero attached hydrogens (tertiary/aromatic N) is 2. The van der Waals surface area contributed by atoms with E-state index in [1.165, 1.54) is 0 Å². The maximum absolute atomic E-state index is 4.12. The molecule has 0 saturated heterocycles. The molecule has 0 aromatic heterocycles. The number of fused-ring (bicyclic) bond motifs is 3. The first-order valence-corrected chi connectivity index (χ1v) is 4.80. The average molecular weight is 195 g/mol. The van der Waals surface area contributed by atoms with Crippen LogP contribution in [-0.2, 0) is 0 Å². The molecule has 3 rings (SSSR count). The molecule has 2 aromatic rings. The van der Waals surface area contributed by atoms with Gasteiger partial charge in [-0.3, -0.25) is 5.43 Å². The molecule has 0 amide bonds. The van der Waals surface area contributed by atoms with Gasteiger partial charge in [-0.2, -0.15) is 0 Å². The molecule has 3 heteroatoms. The van der Waals surface area contributed by atoms with Gasteiger partial charge in [-0.15, -0.1) is 5.11 Å². The van der Waals surface area contributed by atoms with E-state index in [2.05, 4.69) is 27.9 Å². The quantitative estimate of drug-likeness (QED) is 0.682. The van der Waals surface area contributed by atoms with Gasteiger partial charge in [0.05, 0.1) is 11.4 Å². The molecule has 1 N–H and O–H groups in total. The zero-order chi connectivity index (χ0) is 10.1. The first-order valence-electron chi connectivity index (χ1n) is 4.80. The highest BCUT2D eigenvalue weighted by Gasteiger charge is 2.10. The molecule has 1 heterocycles. The van der Waals surface area contributed by atoms with Gasteiger partial charge in [0.15, 0.2) is 0 Å². The van der Waals surface area contributed by atoms with Crippen molar-refractivity contribution < 1.29 is 0 Å². The summed E-state index contributed by atoms with van der Waals surface area (Å²) in [4.78, 5) is 0. The van der Waals surface area contributed by atoms with E-state index >= 15 is 0 Å². The summed E-state index contributed by atoms with van der Waals surface area (Å²) in [6, 6.07) is 16.1. The predicted molar refractivity (Wildman–Crippen MR) is 60.0 cm³/mol. The van der Waals surface area contributed by atoms with E-state index in [1.54, 1.807) is 0 Å². The van der Waals surface area contributed by atoms with Crippen molar-refractivity contribution in [3.05, 3.63) is 48.5 Å². The van der Waals surface area contributed by atoms with Crippen molar-refractivity contribution in [1.29, 1.82) is 0 Å². The molecule has 0 aliphatic carbocycles. The van der Waals surface area contributed by atoms with E-state index in [9.17, 15) is 0 Å². The van der Waals surface area contributed by atoms with Crippen LogP contribution in [0.1, 0.15) is 0 Å². The molecule has 0 spiro atoms. The third-order valence-corrected chi connectivity index (χ3v) is 2.45. The number of nitrogens with one attached hydrogen (secondary N) is 1. The monoisotopic (exact) mass is 195 g/mol. The minimum Gasteiger partial charge on any atom is -0.259 e. The molecule has 72 valence electrons. The van der Waals surface area contributed by atoms with E-state index < -0.39 is 0 Å². The van der Waals surface area contributed by atoms with Crippen LogP contribution in [-0.4, -0.2) is 0 Å². The Kier molecular flexibility index (Phi) is 1.75. The second kappa shape index (κ2) is 3.20. The van der Waals surface area contributed by atoms with Crippen LogP contribution in [0.3, 0.4) is 0 Å². The van der Waals surface area contributed by atoms with Crippen LogP contribution in [0.15, 0.2) is 58.9 Å². The van der Waals surface area contributed by atoms with Gasteiger partial charge in [0.25, 0.3) is 0 Å². The molecule has 15 heavy (non-hydrogen) atoms. The molecule has 0 fully saturated rings. The van der Waals surface area contributed by atoms with E-state index in [4.69, 9.17) is 0 Å². The molecule has 0 unspecified atom stereocenters. The smallest absolute Gasteiger partial charge is 0.0953 e. The molecule has 3 nitrogen and oxygen atoms in total. The zero-order valence-electron chi connectivity index (χ0n) is 8.01. The first kappa shape index (κ1) is 8.17. The van der Waals surface area contributed by atoms with Crippen LogP contribution in [0.2, 0.25) is 0 Å². The van der Waals surface area contributed by atoms with Crippen molar-refractivity contribution in [2.75, 3.05) is 5.43 Å². The molecule has 0 atom stereocenters. The van der Waals surface area contributed by atoms with Gasteiger partial charge in [0, 0.05) is 11.1 Å². The lowest BCUT2D eigenvalue weighted by Crippen LogP contribution is -1.87. The number of hydrogen-bond acceptors (Lipinski definition) is 3. The number of benzene rings is 2. The third-order valence-electron chi connectivity index (χ3n) is 2.45. The summed E-state index contributed by atoms with van der Waals surface area (Å²) in [5, 5.41) is 8.04. The van der Waals surface area contributed by atoms with Crippen LogP contribution in [0, 0.1) is 0 Å². The Balaban J connectivity index is 2.33. The fourth-order valence-corrected chi connectivity index (χ4v) is 1.74. The van der Waals surface area contributed by atoms with Crippen LogP contribution in [0.4, 0.5) is 11.4 Å². The van der Waals surface area contributed by atoms with Gasteiger partial charge in [-0.25, -0.2) is 0 Å². The lowest BCUT2D eigenvalue weighted by atomic mass is 10.0. The normalized spacial score (nSPS) is 12.3. The minimum absolute atomic E-state index is 0.898. The van der Waals surface area contributed by atoms with E-state index in [0.29, 0.717) is 0 Å². The van der Waals surface area contributed by atoms with Crippen molar-refractivity contribution in [2.45, 2.75) is 0 Å². The van der Waals surface area contributed by atoms with Crippen molar-refractivity contribution in [3.8, 4) is 11.1 Å². The van der Waals surface area contributed by atoms with E-state index in [1.807, 2.05) is 36.4 Å². The van der Waals surface area contributed by atoms with Crippen molar-refractivity contribution >= 4 is 11.4 Å². The molecule has 2 aromatic carbocycles. The lowest BCUT2D eigenvalue weighted by Gasteiger charge is -2.05. The molecule has 0 bridgehead atoms. The number of hydrogen-bond donors (Lipinski definition) is 1. The summed E-state index contributed by atoms with van der Waals surface area (Å²) < 4.78 is 0. The Hall–Kier alpha value is -2.16. The second-order valence-electron chi connectivity index (χ2n) is 3.37. The van der Waals surface area contributed by atoms with Crippen LogP contribution in [0.5, 0.6) is 0 Å². The summed E-state index contributed by atoms with van der Waals surface area (Å²) in [6.07, 6.45) is 0. The second-order valence-corrected chi connectivity index (χ2v) is 3.37. The largest absolute Gasteiger partial charge is 0.259 e. The SMILES string of the molecule is c1ccc2c(c1)N=NNc1ccccc1-2. The number of anilines is 1. The highest BCUT2D eigenvalue weighted by Crippen LogP contribution is 2.36. The maximum Gasteiger partial charge on any atom is 0.0953 e. The van der Waals surface area contributed by atoms with Crippen LogP contribution in [0.25, 0.3) is 11.1 Å². The first-order chi connectivity index (χ1) is 7.45. The van der Waals surface area contributed by atoms with Crippen molar-refractivity contribution in [1.82, 2.24) is 0 Å². The van der Waals surface area contributed by atoms with Crippen LogP contribution >= 0.6 is 0 Å². The fourth-order valence-electron chi connectivity index (χ4n) is 1.74. The number of para-hydroxylation sites is 1. The summed E-state index contributed by atoms with van der Waals surface area (Å²) >= 11 is 0. The minimum atomic E-state index is 0.898. The topological polar surface area (TPSA) is 36.8 Å². The summed E-state index contributed by atoms with van der Waals surface area (Å²) in [5.74, 6) is 0. The summed E-state index contributed by atoms with van der Waals surface area (Å²) in [5.41, 5.74) is 7.07. The van der Waals surface area contributed by atoms with Gasteiger partial charge in [-0.05, 0) is 12.1 Å². The summed E-state index contributed by atoms with van der Waals surface area (Å²) in [6.45, 7) is 0. The third kappa shape index (κ3) is 1.29. The van der Waals surface area contributed by atoms with E-state index in [0.717, 1.165) is 22.5 Å². The Morgan fingerprint density at radius 2 is 1.53 bits per heavy atom. The highest BCUT2D eigenvalue weighted by molar-refractivity contribution is 5.85. The van der Waals surface area contributed by atoms with Gasteiger partial charge >= 0.3 is 0 Å². The Labute approximate surface area is 87.4 Å². The van der Waals surface area contributed by atoms with Crippen molar-refractivity contribution in [2.24, 2.45) is 10.3 Å². The lowest BCUT2D eigenvalue weighted by molar-refractivity contribution is 1.15. The zero-order valence-corrected chi connectivity index (χ0v) is 8.01. The number of rotatable bonds is 0. The molecule has 1 aliphatic rings. The Morgan fingerprint density at radius 1 is 0.800 bits per heavy atom. The molecule has 0 saturated carbocycles. The van der Waals surface area contributed by atoms with Gasteiger partial charge < -0.3 is 0 Å². The van der Waals surface area contributed by atoms with Crippen LogP contribution < -0.4 is 5.43 Å². The molecule has 0 radical (unpaired) electrons. The summed E-state index contributed by atoms with van der Waals surface area (Å²) in [7, 11) is 0. The van der Waals surface area contributed by atoms with Crippen molar-refractivity contribution in [3.63, 3.8) is 0 Å².